The molecule has 0 aliphatic carbocycles. The van der Waals surface area contributed by atoms with Crippen LogP contribution in [-0.2, 0) is 9.73 Å². The van der Waals surface area contributed by atoms with Crippen LogP contribution in [-0.4, -0.2) is 20.6 Å². The number of benzene rings is 3. The number of hydrogen-bond acceptors (Lipinski definition) is 5. The number of aromatic nitrogens is 1. The Morgan fingerprint density at radius 3 is 2.55 bits per heavy atom. The lowest BCUT2D eigenvalue weighted by Crippen LogP contribution is -1.97. The zero-order valence-electron chi connectivity index (χ0n) is 16.2. The van der Waals surface area contributed by atoms with Crippen molar-refractivity contribution in [3.05, 3.63) is 84.6 Å². The molecule has 0 fully saturated rings. The normalized spacial score (nSPS) is 13.0. The third-order valence-electron chi connectivity index (χ3n) is 4.68. The molecule has 0 aliphatic rings. The fourth-order valence-corrected chi connectivity index (χ4v) is 4.40. The van der Waals surface area contributed by atoms with Crippen LogP contribution >= 0.6 is 0 Å². The summed E-state index contributed by atoms with van der Waals surface area (Å²) in [7, 11) is -2.56. The molecule has 5 nitrogen and oxygen atoms in total. The monoisotopic (exact) mass is 403 g/mol. The smallest absolute Gasteiger partial charge is 0.117 e. The predicted octanol–water partition coefficient (Wildman–Crippen LogP) is 5.78. The van der Waals surface area contributed by atoms with Gasteiger partial charge in [-0.3, -0.25) is 4.98 Å². The van der Waals surface area contributed by atoms with Gasteiger partial charge in [-0.2, -0.15) is 4.36 Å². The summed E-state index contributed by atoms with van der Waals surface area (Å²) in [6.45, 7) is 1.97. The fraction of sp³-hybridized carbons (Fsp3) is 0.0870. The molecule has 0 aliphatic heterocycles. The zero-order chi connectivity index (χ0) is 20.4. The summed E-state index contributed by atoms with van der Waals surface area (Å²) in [6.07, 6.45) is 3.37. The van der Waals surface area contributed by atoms with Gasteiger partial charge in [-0.05, 0) is 55.0 Å². The molecule has 0 bridgehead atoms. The van der Waals surface area contributed by atoms with Crippen molar-refractivity contribution in [1.29, 1.82) is 0 Å². The maximum absolute atomic E-state index is 13.1. The number of anilines is 2. The van der Waals surface area contributed by atoms with Crippen LogP contribution in [0.5, 0.6) is 5.75 Å². The van der Waals surface area contributed by atoms with Crippen LogP contribution in [0.4, 0.5) is 17.1 Å². The van der Waals surface area contributed by atoms with Gasteiger partial charge in [0.1, 0.15) is 5.75 Å². The van der Waals surface area contributed by atoms with Crippen LogP contribution in [0.3, 0.4) is 0 Å². The number of nitrogens with zero attached hydrogens (tertiary/aromatic N) is 2. The standard InChI is InChI=1S/C23H21N3O2S/c1-16-8-10-18(27)15-23(16)25-22-12-13-24-21-11-9-17(14-20(21)22)26-29(2,28)19-6-4-3-5-7-19/h3-15,27H,1-2H3,(H,24,25). The molecule has 1 heterocycles. The molecule has 0 saturated carbocycles. The van der Waals surface area contributed by atoms with Crippen molar-refractivity contribution >= 4 is 37.7 Å². The van der Waals surface area contributed by atoms with Gasteiger partial charge in [0.2, 0.25) is 0 Å². The Labute approximate surface area is 170 Å². The zero-order valence-corrected chi connectivity index (χ0v) is 17.0. The molecule has 0 radical (unpaired) electrons. The maximum Gasteiger partial charge on any atom is 0.117 e. The quantitative estimate of drug-likeness (QED) is 0.453. The molecular weight excluding hydrogens is 382 g/mol. The minimum atomic E-state index is -2.56. The Morgan fingerprint density at radius 1 is 0.966 bits per heavy atom. The van der Waals surface area contributed by atoms with Crippen LogP contribution in [0.25, 0.3) is 10.9 Å². The molecule has 1 atom stereocenters. The lowest BCUT2D eigenvalue weighted by molar-refractivity contribution is 0.475. The van der Waals surface area contributed by atoms with Crippen molar-refractivity contribution in [2.75, 3.05) is 11.6 Å². The van der Waals surface area contributed by atoms with E-state index in [2.05, 4.69) is 14.7 Å². The van der Waals surface area contributed by atoms with Gasteiger partial charge in [-0.1, -0.05) is 24.3 Å². The van der Waals surface area contributed by atoms with Gasteiger partial charge >= 0.3 is 0 Å². The van der Waals surface area contributed by atoms with E-state index >= 15 is 0 Å². The Hall–Kier alpha value is -3.38. The second-order valence-electron chi connectivity index (χ2n) is 6.89. The molecule has 146 valence electrons. The molecule has 4 rings (SSSR count). The third-order valence-corrected chi connectivity index (χ3v) is 6.38. The predicted molar refractivity (Wildman–Crippen MR) is 119 cm³/mol. The van der Waals surface area contributed by atoms with E-state index in [0.717, 1.165) is 27.8 Å². The van der Waals surface area contributed by atoms with Gasteiger partial charge in [0, 0.05) is 40.2 Å². The lowest BCUT2D eigenvalue weighted by atomic mass is 10.1. The second kappa shape index (κ2) is 7.56. The SMILES string of the molecule is Cc1ccc(O)cc1Nc1ccnc2ccc(N=S(C)(=O)c3ccccc3)cc12. The van der Waals surface area contributed by atoms with Gasteiger partial charge in [0.05, 0.1) is 20.9 Å². The van der Waals surface area contributed by atoms with Gasteiger partial charge in [-0.15, -0.1) is 0 Å². The lowest BCUT2D eigenvalue weighted by Gasteiger charge is -2.13. The Kier molecular flexibility index (Phi) is 4.94. The van der Waals surface area contributed by atoms with Crippen molar-refractivity contribution in [2.24, 2.45) is 4.36 Å². The van der Waals surface area contributed by atoms with Crippen LogP contribution in [0, 0.1) is 6.92 Å². The highest BCUT2D eigenvalue weighted by molar-refractivity contribution is 7.93. The maximum atomic E-state index is 13.1. The first kappa shape index (κ1) is 19.0. The molecule has 1 unspecified atom stereocenters. The number of nitrogens with one attached hydrogen (secondary N) is 1. The van der Waals surface area contributed by atoms with Crippen molar-refractivity contribution < 1.29 is 9.32 Å². The molecule has 0 amide bonds. The molecule has 1 aromatic heterocycles. The number of aromatic hydroxyl groups is 1. The highest BCUT2D eigenvalue weighted by Crippen LogP contribution is 2.31. The number of phenols is 1. The molecule has 0 saturated heterocycles. The first-order chi connectivity index (χ1) is 13.9. The number of phenolic OH excluding ortho intramolecular Hbond substituents is 1. The summed E-state index contributed by atoms with van der Waals surface area (Å²) in [5.74, 6) is 0.195. The number of aryl methyl sites for hydroxylation is 1. The number of pyridine rings is 1. The minimum absolute atomic E-state index is 0.195. The van der Waals surface area contributed by atoms with Gasteiger partial charge in [-0.25, -0.2) is 4.21 Å². The van der Waals surface area contributed by atoms with Crippen LogP contribution in [0.2, 0.25) is 0 Å². The molecule has 3 aromatic carbocycles. The highest BCUT2D eigenvalue weighted by Gasteiger charge is 2.09. The van der Waals surface area contributed by atoms with E-state index in [1.807, 2.05) is 67.6 Å². The second-order valence-corrected chi connectivity index (χ2v) is 9.15. The largest absolute Gasteiger partial charge is 0.508 e. The summed E-state index contributed by atoms with van der Waals surface area (Å²) < 4.78 is 17.6. The van der Waals surface area contributed by atoms with Gasteiger partial charge < -0.3 is 10.4 Å². The van der Waals surface area contributed by atoms with Crippen molar-refractivity contribution in [3.8, 4) is 5.75 Å². The van der Waals surface area contributed by atoms with E-state index in [4.69, 9.17) is 0 Å². The molecule has 6 heteroatoms. The molecular formula is C23H21N3O2S. The van der Waals surface area contributed by atoms with E-state index in [9.17, 15) is 9.32 Å². The van der Waals surface area contributed by atoms with E-state index in [-0.39, 0.29) is 5.75 Å². The van der Waals surface area contributed by atoms with Crippen LogP contribution < -0.4 is 5.32 Å². The Balaban J connectivity index is 1.80. The van der Waals surface area contributed by atoms with Crippen LogP contribution in [0.1, 0.15) is 5.56 Å². The number of rotatable bonds is 4. The topological polar surface area (TPSA) is 74.6 Å². The van der Waals surface area contributed by atoms with Crippen molar-refractivity contribution in [1.82, 2.24) is 4.98 Å². The Bertz CT molecular complexity index is 1310. The fourth-order valence-electron chi connectivity index (χ4n) is 3.12. The molecule has 4 aromatic rings. The Morgan fingerprint density at radius 2 is 1.76 bits per heavy atom. The summed E-state index contributed by atoms with van der Waals surface area (Å²) in [6, 6.07) is 21.9. The van der Waals surface area contributed by atoms with Gasteiger partial charge in [0.15, 0.2) is 0 Å². The van der Waals surface area contributed by atoms with Crippen LogP contribution in [0.15, 0.2) is 88.3 Å². The molecule has 0 spiro atoms. The minimum Gasteiger partial charge on any atom is -0.508 e. The number of fused-ring (bicyclic) bond motifs is 1. The van der Waals surface area contributed by atoms with E-state index in [1.165, 1.54) is 0 Å². The molecule has 29 heavy (non-hydrogen) atoms. The summed E-state index contributed by atoms with van der Waals surface area (Å²) in [4.78, 5) is 5.11. The first-order valence-corrected chi connectivity index (χ1v) is 11.1. The summed E-state index contributed by atoms with van der Waals surface area (Å²) >= 11 is 0. The average Bonchev–Trinajstić information content (AvgIpc) is 2.71. The van der Waals surface area contributed by atoms with E-state index < -0.39 is 9.73 Å². The average molecular weight is 404 g/mol. The van der Waals surface area contributed by atoms with E-state index in [0.29, 0.717) is 10.6 Å². The first-order valence-electron chi connectivity index (χ1n) is 9.15. The third kappa shape index (κ3) is 4.07. The summed E-state index contributed by atoms with van der Waals surface area (Å²) in [5, 5.41) is 14.0. The highest BCUT2D eigenvalue weighted by atomic mass is 32.2. The van der Waals surface area contributed by atoms with E-state index in [1.54, 1.807) is 24.6 Å². The molecule has 2 N–H and O–H groups in total. The number of hydrogen-bond donors (Lipinski definition) is 2. The summed E-state index contributed by atoms with van der Waals surface area (Å²) in [5.41, 5.74) is 4.08. The van der Waals surface area contributed by atoms with Crippen molar-refractivity contribution in [3.63, 3.8) is 0 Å². The van der Waals surface area contributed by atoms with Crippen molar-refractivity contribution in [2.45, 2.75) is 11.8 Å². The van der Waals surface area contributed by atoms with Gasteiger partial charge in [0.25, 0.3) is 0 Å².